The molecule has 0 saturated carbocycles. The second kappa shape index (κ2) is 13.6. The van der Waals surface area contributed by atoms with E-state index < -0.39 is 0 Å². The van der Waals surface area contributed by atoms with E-state index in [2.05, 4.69) is 31.5 Å². The number of unbranched alkanes of at least 4 members (excludes halogenated alkanes) is 1. The van der Waals surface area contributed by atoms with Crippen molar-refractivity contribution < 1.29 is 28.6 Å². The van der Waals surface area contributed by atoms with Crippen LogP contribution in [0.1, 0.15) is 36.0 Å². The molecule has 5 rings (SSSR count). The van der Waals surface area contributed by atoms with Crippen molar-refractivity contribution in [3.05, 3.63) is 48.2 Å². The summed E-state index contributed by atoms with van der Waals surface area (Å²) in [4.78, 5) is 36.0. The van der Waals surface area contributed by atoms with Crippen molar-refractivity contribution in [1.82, 2.24) is 31.5 Å². The van der Waals surface area contributed by atoms with Gasteiger partial charge in [0.15, 0.2) is 5.76 Å². The third-order valence-corrected chi connectivity index (χ3v) is 8.59. The zero-order valence-corrected chi connectivity index (χ0v) is 23.3. The number of thioether (sulfide) groups is 1. The van der Waals surface area contributed by atoms with Gasteiger partial charge in [0.2, 0.25) is 5.91 Å². The molecule has 218 valence electrons. The Morgan fingerprint density at radius 1 is 1.12 bits per heavy atom. The third-order valence-electron chi connectivity index (χ3n) is 7.08. The number of amides is 4. The molecule has 2 aliphatic heterocycles. The van der Waals surface area contributed by atoms with Gasteiger partial charge >= 0.3 is 6.03 Å². The molecule has 3 atom stereocenters. The number of rotatable bonds is 14. The number of phenols is 1. The maximum absolute atomic E-state index is 12.5. The molecule has 2 fully saturated rings. The number of furan rings is 1. The molecule has 0 aliphatic carbocycles. The van der Waals surface area contributed by atoms with Crippen LogP contribution >= 0.6 is 11.8 Å². The highest BCUT2D eigenvalue weighted by atomic mass is 32.2. The predicted octanol–water partition coefficient (Wildman–Crippen LogP) is 2.63. The van der Waals surface area contributed by atoms with E-state index in [1.54, 1.807) is 36.6 Å². The molecule has 0 bridgehead atoms. The number of carbonyl (C=O) groups is 3. The van der Waals surface area contributed by atoms with Crippen molar-refractivity contribution >= 4 is 29.6 Å². The number of aromatic amines is 1. The van der Waals surface area contributed by atoms with Gasteiger partial charge in [-0.05, 0) is 49.2 Å². The van der Waals surface area contributed by atoms with Crippen molar-refractivity contribution in [2.24, 2.45) is 0 Å². The molecule has 4 heterocycles. The second-order valence-corrected chi connectivity index (χ2v) is 11.2. The highest BCUT2D eigenvalue weighted by molar-refractivity contribution is 8.00. The molecule has 2 saturated heterocycles. The normalized spacial score (nSPS) is 19.4. The summed E-state index contributed by atoms with van der Waals surface area (Å²) in [5.74, 6) is 1.17. The second-order valence-electron chi connectivity index (χ2n) is 9.96. The van der Waals surface area contributed by atoms with Crippen LogP contribution in [-0.4, -0.2) is 82.5 Å². The van der Waals surface area contributed by atoms with Crippen LogP contribution in [0.2, 0.25) is 0 Å². The van der Waals surface area contributed by atoms with Crippen molar-refractivity contribution in [2.75, 3.05) is 32.1 Å². The first-order valence-electron chi connectivity index (χ1n) is 13.7. The quantitative estimate of drug-likeness (QED) is 0.124. The fraction of sp³-hybridized carbons (Fsp3) is 0.429. The number of nitrogens with one attached hydrogen (secondary N) is 5. The first-order chi connectivity index (χ1) is 20.0. The lowest BCUT2D eigenvalue weighted by atomic mass is 10.0. The zero-order chi connectivity index (χ0) is 28.6. The largest absolute Gasteiger partial charge is 0.507 e. The average Bonchev–Trinajstić information content (AvgIpc) is 3.76. The SMILES string of the molecule is O=C(CCCCC1SC[C@@H]2NC(=O)N[C@H]12)NCCOCCNC(=O)c1ccc(-c2cc(-c3ccco3)[nH]n2)c(O)c1. The Kier molecular flexibility index (Phi) is 9.47. The van der Waals surface area contributed by atoms with Crippen LogP contribution < -0.4 is 21.3 Å². The Morgan fingerprint density at radius 2 is 1.98 bits per heavy atom. The number of aromatic nitrogens is 2. The van der Waals surface area contributed by atoms with Crippen LogP contribution in [0.5, 0.6) is 5.75 Å². The number of benzene rings is 1. The first-order valence-corrected chi connectivity index (χ1v) is 14.8. The summed E-state index contributed by atoms with van der Waals surface area (Å²) in [7, 11) is 0. The van der Waals surface area contributed by atoms with E-state index in [1.807, 2.05) is 11.8 Å². The van der Waals surface area contributed by atoms with E-state index >= 15 is 0 Å². The lowest BCUT2D eigenvalue weighted by molar-refractivity contribution is -0.121. The van der Waals surface area contributed by atoms with Gasteiger partial charge in [-0.25, -0.2) is 4.79 Å². The maximum atomic E-state index is 12.5. The first kappa shape index (κ1) is 28.6. The van der Waals surface area contributed by atoms with Crippen molar-refractivity contribution in [3.8, 4) is 28.5 Å². The topological polar surface area (TPSA) is 171 Å². The highest BCUT2D eigenvalue weighted by Crippen LogP contribution is 2.33. The molecule has 2 aromatic heterocycles. The summed E-state index contributed by atoms with van der Waals surface area (Å²) in [6.07, 6.45) is 4.76. The molecular weight excluding hydrogens is 548 g/mol. The van der Waals surface area contributed by atoms with E-state index in [-0.39, 0.29) is 42.2 Å². The van der Waals surface area contributed by atoms with Crippen LogP contribution in [-0.2, 0) is 9.53 Å². The van der Waals surface area contributed by atoms with E-state index in [9.17, 15) is 19.5 Å². The minimum Gasteiger partial charge on any atom is -0.507 e. The Balaban J connectivity index is 0.917. The molecule has 0 radical (unpaired) electrons. The average molecular weight is 583 g/mol. The standard InChI is InChI=1S/C28H34N6O6S/c35-22-14-17(7-8-18(22)19-15-20(34-33-19)23-4-3-11-40-23)27(37)30-10-13-39-12-9-29-25(36)6-2-1-5-24-26-21(16-41-24)31-28(38)32-26/h3-4,7-8,11,14-15,21,24,26,35H,1-2,5-6,9-10,12-13,16H2,(H,29,36)(H,30,37)(H,33,34)(H2,31,32,38)/t21-,24?,26-/m0/s1. The maximum Gasteiger partial charge on any atom is 0.315 e. The van der Waals surface area contributed by atoms with E-state index in [0.29, 0.717) is 59.7 Å². The molecule has 3 aromatic rings. The van der Waals surface area contributed by atoms with Crippen molar-refractivity contribution in [3.63, 3.8) is 0 Å². The summed E-state index contributed by atoms with van der Waals surface area (Å²) in [6.45, 7) is 1.32. The number of hydrogen-bond acceptors (Lipinski definition) is 8. The molecule has 1 aromatic carbocycles. The van der Waals surface area contributed by atoms with Gasteiger partial charge in [0.05, 0.1) is 37.3 Å². The number of urea groups is 1. The third kappa shape index (κ3) is 7.41. The molecular formula is C28H34N6O6S. The summed E-state index contributed by atoms with van der Waals surface area (Å²) in [5.41, 5.74) is 2.01. The molecule has 4 amide bonds. The number of carbonyl (C=O) groups excluding carboxylic acids is 3. The molecule has 41 heavy (non-hydrogen) atoms. The van der Waals surface area contributed by atoms with Crippen LogP contribution in [0.15, 0.2) is 47.1 Å². The lowest BCUT2D eigenvalue weighted by Crippen LogP contribution is -2.36. The lowest BCUT2D eigenvalue weighted by Gasteiger charge is -2.16. The predicted molar refractivity (Wildman–Crippen MR) is 154 cm³/mol. The monoisotopic (exact) mass is 582 g/mol. The van der Waals surface area contributed by atoms with Gasteiger partial charge in [0.25, 0.3) is 5.91 Å². The summed E-state index contributed by atoms with van der Waals surface area (Å²) in [6, 6.07) is 10.3. The minimum absolute atomic E-state index is 0.00928. The summed E-state index contributed by atoms with van der Waals surface area (Å²) in [5, 5.41) is 29.5. The number of aromatic hydroxyl groups is 1. The van der Waals surface area contributed by atoms with E-state index in [4.69, 9.17) is 9.15 Å². The molecule has 1 unspecified atom stereocenters. The fourth-order valence-electron chi connectivity index (χ4n) is 4.97. The van der Waals surface area contributed by atoms with Gasteiger partial charge in [-0.1, -0.05) is 6.42 Å². The molecule has 13 heteroatoms. The number of H-pyrrole nitrogens is 1. The summed E-state index contributed by atoms with van der Waals surface area (Å²) < 4.78 is 10.9. The van der Waals surface area contributed by atoms with Crippen LogP contribution in [0, 0.1) is 0 Å². The van der Waals surface area contributed by atoms with Crippen LogP contribution in [0.4, 0.5) is 4.79 Å². The van der Waals surface area contributed by atoms with Gasteiger partial charge in [-0.3, -0.25) is 14.7 Å². The number of phenolic OH excluding ortho intramolecular Hbond substituents is 1. The van der Waals surface area contributed by atoms with Gasteiger partial charge < -0.3 is 35.5 Å². The molecule has 2 aliphatic rings. The van der Waals surface area contributed by atoms with Crippen LogP contribution in [0.25, 0.3) is 22.7 Å². The summed E-state index contributed by atoms with van der Waals surface area (Å²) >= 11 is 1.88. The number of nitrogens with zero attached hydrogens (tertiary/aromatic N) is 1. The van der Waals surface area contributed by atoms with E-state index in [0.717, 1.165) is 25.0 Å². The molecule has 0 spiro atoms. The van der Waals surface area contributed by atoms with Crippen LogP contribution in [0.3, 0.4) is 0 Å². The smallest absolute Gasteiger partial charge is 0.315 e. The van der Waals surface area contributed by atoms with Crippen molar-refractivity contribution in [2.45, 2.75) is 43.0 Å². The number of hydrogen-bond donors (Lipinski definition) is 6. The number of fused-ring (bicyclic) bond motifs is 1. The fourth-order valence-corrected chi connectivity index (χ4v) is 6.52. The zero-order valence-electron chi connectivity index (χ0n) is 22.5. The minimum atomic E-state index is -0.333. The van der Waals surface area contributed by atoms with Gasteiger partial charge in [-0.2, -0.15) is 16.9 Å². The van der Waals surface area contributed by atoms with Gasteiger partial charge in [0.1, 0.15) is 11.4 Å². The highest BCUT2D eigenvalue weighted by Gasteiger charge is 2.42. The van der Waals surface area contributed by atoms with E-state index in [1.165, 1.54) is 6.07 Å². The Hall–Kier alpha value is -3.97. The molecule has 6 N–H and O–H groups in total. The van der Waals surface area contributed by atoms with Gasteiger partial charge in [-0.15, -0.1) is 0 Å². The Morgan fingerprint density at radius 3 is 2.78 bits per heavy atom. The molecule has 12 nitrogen and oxygen atoms in total. The van der Waals surface area contributed by atoms with Gasteiger partial charge in [0, 0.05) is 41.6 Å². The Bertz CT molecular complexity index is 1350. The number of ether oxygens (including phenoxy) is 1. The Labute approximate surface area is 241 Å². The van der Waals surface area contributed by atoms with Crippen molar-refractivity contribution in [1.29, 1.82) is 0 Å².